The summed E-state index contributed by atoms with van der Waals surface area (Å²) in [6, 6.07) is 0. The minimum absolute atomic E-state index is 0.0691. The average Bonchev–Trinajstić information content (AvgIpc) is 3.46. The largest absolute Gasteiger partial charge is 0.462 e. The molecule has 0 N–H and O–H groups in total. The molecule has 0 saturated carbocycles. The molecular weight excluding hydrogens is 985 g/mol. The molecule has 0 rings (SSSR count). The fourth-order valence-corrected chi connectivity index (χ4v) is 10.9. The predicted octanol–water partition coefficient (Wildman–Crippen LogP) is 24.7. The number of hydrogen-bond acceptors (Lipinski definition) is 6. The van der Waals surface area contributed by atoms with E-state index in [9.17, 15) is 14.4 Å². The highest BCUT2D eigenvalue weighted by Crippen LogP contribution is 2.18. The molecule has 0 aliphatic rings. The molecule has 0 amide bonds. The number of carbonyl (C=O) groups is 3. The molecular formula is C74H138O6. The van der Waals surface area contributed by atoms with Gasteiger partial charge in [-0.25, -0.2) is 0 Å². The summed E-state index contributed by atoms with van der Waals surface area (Å²) in [5, 5.41) is 0. The van der Waals surface area contributed by atoms with Gasteiger partial charge in [-0.2, -0.15) is 0 Å². The Bertz CT molecular complexity index is 1340. The van der Waals surface area contributed by atoms with Crippen LogP contribution in [0.1, 0.15) is 400 Å². The molecule has 0 aliphatic carbocycles. The van der Waals surface area contributed by atoms with E-state index >= 15 is 0 Å². The van der Waals surface area contributed by atoms with E-state index in [1.54, 1.807) is 0 Å². The second kappa shape index (κ2) is 69.1. The van der Waals surface area contributed by atoms with Crippen LogP contribution in [0.3, 0.4) is 0 Å². The summed E-state index contributed by atoms with van der Waals surface area (Å²) in [5.74, 6) is -0.849. The summed E-state index contributed by atoms with van der Waals surface area (Å²) in [5.41, 5.74) is 0. The van der Waals surface area contributed by atoms with Gasteiger partial charge in [0.1, 0.15) is 13.2 Å². The maximum absolute atomic E-state index is 12.9. The van der Waals surface area contributed by atoms with Crippen LogP contribution in [-0.4, -0.2) is 37.2 Å². The number of ether oxygens (including phenoxy) is 3. The van der Waals surface area contributed by atoms with Crippen molar-refractivity contribution >= 4 is 17.9 Å². The molecule has 0 aromatic rings. The van der Waals surface area contributed by atoms with Crippen LogP contribution in [0, 0.1) is 0 Å². The Hall–Kier alpha value is -2.37. The molecule has 0 heterocycles. The highest BCUT2D eigenvalue weighted by atomic mass is 16.6. The minimum atomic E-state index is -0.773. The van der Waals surface area contributed by atoms with Crippen molar-refractivity contribution in [3.63, 3.8) is 0 Å². The van der Waals surface area contributed by atoms with Gasteiger partial charge in [0.15, 0.2) is 6.10 Å². The zero-order chi connectivity index (χ0) is 57.8. The maximum atomic E-state index is 12.9. The lowest BCUT2D eigenvalue weighted by Crippen LogP contribution is -2.30. The Morgan fingerprint density at radius 1 is 0.250 bits per heavy atom. The predicted molar refractivity (Wildman–Crippen MR) is 349 cm³/mol. The molecule has 0 radical (unpaired) electrons. The third-order valence-corrected chi connectivity index (χ3v) is 16.4. The van der Waals surface area contributed by atoms with Crippen molar-refractivity contribution in [3.8, 4) is 0 Å². The van der Waals surface area contributed by atoms with Crippen molar-refractivity contribution in [1.29, 1.82) is 0 Å². The van der Waals surface area contributed by atoms with Gasteiger partial charge in [0.05, 0.1) is 0 Å². The first kappa shape index (κ1) is 77.6. The lowest BCUT2D eigenvalue weighted by atomic mass is 10.0. The summed E-state index contributed by atoms with van der Waals surface area (Å²) >= 11 is 0. The van der Waals surface area contributed by atoms with Crippen LogP contribution >= 0.6 is 0 Å². The van der Waals surface area contributed by atoms with Crippen LogP contribution < -0.4 is 0 Å². The van der Waals surface area contributed by atoms with Gasteiger partial charge in [-0.1, -0.05) is 340 Å². The molecule has 0 aromatic carbocycles. The highest BCUT2D eigenvalue weighted by molar-refractivity contribution is 5.71. The second-order valence-electron chi connectivity index (χ2n) is 24.5. The van der Waals surface area contributed by atoms with E-state index in [2.05, 4.69) is 57.2 Å². The molecule has 470 valence electrons. The van der Waals surface area contributed by atoms with Crippen LogP contribution in [-0.2, 0) is 28.6 Å². The van der Waals surface area contributed by atoms with Crippen molar-refractivity contribution in [1.82, 2.24) is 0 Å². The molecule has 80 heavy (non-hydrogen) atoms. The molecule has 6 nitrogen and oxygen atoms in total. The second-order valence-corrected chi connectivity index (χ2v) is 24.5. The Morgan fingerprint density at radius 2 is 0.450 bits per heavy atom. The van der Waals surface area contributed by atoms with Crippen molar-refractivity contribution < 1.29 is 28.6 Å². The summed E-state index contributed by atoms with van der Waals surface area (Å²) in [7, 11) is 0. The molecule has 0 fully saturated rings. The van der Waals surface area contributed by atoms with Crippen molar-refractivity contribution in [2.24, 2.45) is 0 Å². The molecule has 0 aliphatic heterocycles. The third-order valence-electron chi connectivity index (χ3n) is 16.4. The lowest BCUT2D eigenvalue weighted by Gasteiger charge is -2.18. The van der Waals surface area contributed by atoms with Gasteiger partial charge in [-0.15, -0.1) is 0 Å². The fourth-order valence-electron chi connectivity index (χ4n) is 10.9. The quantitative estimate of drug-likeness (QED) is 0.0261. The topological polar surface area (TPSA) is 78.9 Å². The number of hydrogen-bond donors (Lipinski definition) is 0. The number of unbranched alkanes of at least 4 members (excludes halogenated alkanes) is 50. The highest BCUT2D eigenvalue weighted by Gasteiger charge is 2.19. The van der Waals surface area contributed by atoms with E-state index in [0.29, 0.717) is 19.3 Å². The molecule has 0 saturated heterocycles. The number of rotatable bonds is 67. The minimum Gasteiger partial charge on any atom is -0.462 e. The van der Waals surface area contributed by atoms with E-state index in [4.69, 9.17) is 14.2 Å². The van der Waals surface area contributed by atoms with Gasteiger partial charge >= 0.3 is 17.9 Å². The number of allylic oxidation sites excluding steroid dienone is 6. The van der Waals surface area contributed by atoms with Crippen LogP contribution in [0.15, 0.2) is 36.5 Å². The van der Waals surface area contributed by atoms with Gasteiger partial charge in [-0.05, 0) is 77.0 Å². The molecule has 6 heteroatoms. The van der Waals surface area contributed by atoms with Gasteiger partial charge in [-0.3, -0.25) is 14.4 Å². The van der Waals surface area contributed by atoms with E-state index in [1.807, 2.05) is 0 Å². The number of esters is 3. The first-order valence-electron chi connectivity index (χ1n) is 36.0. The summed E-state index contributed by atoms with van der Waals surface area (Å²) < 4.78 is 17.0. The van der Waals surface area contributed by atoms with Crippen molar-refractivity contribution in [2.75, 3.05) is 13.2 Å². The Balaban J connectivity index is 4.10. The van der Waals surface area contributed by atoms with Gasteiger partial charge < -0.3 is 14.2 Å². The van der Waals surface area contributed by atoms with Crippen molar-refractivity contribution in [3.05, 3.63) is 36.5 Å². The van der Waals surface area contributed by atoms with Crippen molar-refractivity contribution in [2.45, 2.75) is 406 Å². The first-order valence-corrected chi connectivity index (χ1v) is 36.0. The molecule has 1 unspecified atom stereocenters. The van der Waals surface area contributed by atoms with Crippen LogP contribution in [0.25, 0.3) is 0 Å². The molecule has 0 bridgehead atoms. The smallest absolute Gasteiger partial charge is 0.306 e. The summed E-state index contributed by atoms with van der Waals surface area (Å²) in [6.07, 6.45) is 86.2. The van der Waals surface area contributed by atoms with Gasteiger partial charge in [0.2, 0.25) is 0 Å². The summed E-state index contributed by atoms with van der Waals surface area (Å²) in [4.78, 5) is 38.4. The lowest BCUT2D eigenvalue weighted by molar-refractivity contribution is -0.167. The first-order chi connectivity index (χ1) is 39.5. The van der Waals surface area contributed by atoms with E-state index in [-0.39, 0.29) is 31.1 Å². The zero-order valence-corrected chi connectivity index (χ0v) is 54.1. The van der Waals surface area contributed by atoms with Gasteiger partial charge in [0, 0.05) is 19.3 Å². The van der Waals surface area contributed by atoms with Crippen LogP contribution in [0.5, 0.6) is 0 Å². The molecule has 1 atom stereocenters. The standard InChI is InChI=1S/C74H138O6/c1-4-7-10-13-16-19-22-25-27-29-30-31-32-33-34-35-36-37-38-39-40-41-42-43-44-45-47-49-52-55-58-61-64-67-73(76)79-70-71(69-78-72(75)66-63-60-57-54-51-48-24-21-18-15-12-9-6-3)80-74(77)68-65-62-59-56-53-50-46-28-26-23-20-17-14-11-8-5-2/h22,25,28-30,46,71H,4-21,23-24,26-27,31-45,47-70H2,1-3H3/b25-22-,30-29-,46-28-. The summed E-state index contributed by atoms with van der Waals surface area (Å²) in [6.45, 7) is 6.69. The zero-order valence-electron chi connectivity index (χ0n) is 54.1. The Labute approximate surface area is 499 Å². The van der Waals surface area contributed by atoms with E-state index in [1.165, 1.54) is 289 Å². The molecule has 0 spiro atoms. The fraction of sp³-hybridized carbons (Fsp3) is 0.878. The maximum Gasteiger partial charge on any atom is 0.306 e. The van der Waals surface area contributed by atoms with E-state index in [0.717, 1.165) is 70.6 Å². The van der Waals surface area contributed by atoms with Gasteiger partial charge in [0.25, 0.3) is 0 Å². The normalized spacial score (nSPS) is 12.2. The SMILES string of the molecule is CCCCCCC/C=C\C/C=C\CCCCCCCCCCCCCCCCCCCCCCCC(=O)OCC(COC(=O)CCCCCCCCCCCCCCC)OC(=O)CCCCCCC/C=C\CCCCCCCCC. The number of carbonyl (C=O) groups excluding carboxylic acids is 3. The Morgan fingerprint density at radius 3 is 0.700 bits per heavy atom. The average molecular weight is 1120 g/mol. The Kier molecular flexibility index (Phi) is 67.1. The van der Waals surface area contributed by atoms with Crippen LogP contribution in [0.4, 0.5) is 0 Å². The third kappa shape index (κ3) is 66.4. The monoisotopic (exact) mass is 1120 g/mol. The molecule has 0 aromatic heterocycles. The van der Waals surface area contributed by atoms with E-state index < -0.39 is 6.10 Å². The van der Waals surface area contributed by atoms with Crippen LogP contribution in [0.2, 0.25) is 0 Å².